The molecule has 0 heterocycles. The molecular formula is C18H16F2O3. The van der Waals surface area contributed by atoms with E-state index in [0.717, 1.165) is 17.7 Å². The van der Waals surface area contributed by atoms with Gasteiger partial charge in [0.1, 0.15) is 18.2 Å². The van der Waals surface area contributed by atoms with Crippen LogP contribution in [-0.4, -0.2) is 11.8 Å². The summed E-state index contributed by atoms with van der Waals surface area (Å²) in [6.45, 7) is 1.64. The van der Waals surface area contributed by atoms with Crippen LogP contribution >= 0.6 is 0 Å². The standard InChI is InChI=1S/C18H16F2O3/c1-12(18(22)14-8-15(19)10-16(20)9-14)7-17(21)23-11-13-5-3-2-4-6-13/h2-6,8-10,12H,7,11H2,1H3/t12-/m0/s1. The first-order chi connectivity index (χ1) is 11.0. The van der Waals surface area contributed by atoms with Crippen LogP contribution < -0.4 is 0 Å². The third kappa shape index (κ3) is 4.98. The Morgan fingerprint density at radius 1 is 1.04 bits per heavy atom. The summed E-state index contributed by atoms with van der Waals surface area (Å²) in [5, 5.41) is 0. The van der Waals surface area contributed by atoms with Gasteiger partial charge in [-0.1, -0.05) is 37.3 Å². The number of hydrogen-bond acceptors (Lipinski definition) is 3. The Balaban J connectivity index is 1.91. The highest BCUT2D eigenvalue weighted by molar-refractivity contribution is 5.99. The van der Waals surface area contributed by atoms with Crippen molar-refractivity contribution in [2.75, 3.05) is 0 Å². The molecule has 0 aliphatic rings. The van der Waals surface area contributed by atoms with Gasteiger partial charge >= 0.3 is 5.97 Å². The van der Waals surface area contributed by atoms with Crippen molar-refractivity contribution in [3.8, 4) is 0 Å². The Hall–Kier alpha value is -2.56. The van der Waals surface area contributed by atoms with Crippen molar-refractivity contribution < 1.29 is 23.1 Å². The van der Waals surface area contributed by atoms with E-state index < -0.39 is 29.3 Å². The lowest BCUT2D eigenvalue weighted by Crippen LogP contribution is -2.17. The third-order valence-electron chi connectivity index (χ3n) is 3.31. The molecule has 0 saturated carbocycles. The zero-order valence-electron chi connectivity index (χ0n) is 12.6. The van der Waals surface area contributed by atoms with E-state index >= 15 is 0 Å². The number of carbonyl (C=O) groups excluding carboxylic acids is 2. The van der Waals surface area contributed by atoms with Gasteiger partial charge in [0.15, 0.2) is 5.78 Å². The molecule has 0 aromatic heterocycles. The van der Waals surface area contributed by atoms with Gasteiger partial charge in [-0.05, 0) is 17.7 Å². The first-order valence-electron chi connectivity index (χ1n) is 7.15. The van der Waals surface area contributed by atoms with Crippen LogP contribution in [-0.2, 0) is 16.1 Å². The summed E-state index contributed by atoms with van der Waals surface area (Å²) in [7, 11) is 0. The zero-order valence-corrected chi connectivity index (χ0v) is 12.6. The fourth-order valence-electron chi connectivity index (χ4n) is 2.12. The summed E-state index contributed by atoms with van der Waals surface area (Å²) < 4.78 is 31.4. The van der Waals surface area contributed by atoms with E-state index in [1.807, 2.05) is 30.3 Å². The van der Waals surface area contributed by atoms with Crippen molar-refractivity contribution in [1.82, 2.24) is 0 Å². The number of hydrogen-bond donors (Lipinski definition) is 0. The second-order valence-corrected chi connectivity index (χ2v) is 5.27. The van der Waals surface area contributed by atoms with E-state index in [2.05, 4.69) is 0 Å². The van der Waals surface area contributed by atoms with Crippen molar-refractivity contribution in [2.24, 2.45) is 5.92 Å². The van der Waals surface area contributed by atoms with E-state index in [1.54, 1.807) is 0 Å². The number of carbonyl (C=O) groups is 2. The normalized spacial score (nSPS) is 11.8. The van der Waals surface area contributed by atoms with E-state index in [1.165, 1.54) is 6.92 Å². The molecule has 5 heteroatoms. The number of ketones is 1. The Kier molecular flexibility index (Phi) is 5.57. The molecule has 0 amide bonds. The fraction of sp³-hybridized carbons (Fsp3) is 0.222. The highest BCUT2D eigenvalue weighted by Gasteiger charge is 2.20. The molecule has 0 spiro atoms. The smallest absolute Gasteiger partial charge is 0.306 e. The van der Waals surface area contributed by atoms with Crippen LogP contribution in [0.2, 0.25) is 0 Å². The molecule has 0 aliphatic carbocycles. The van der Waals surface area contributed by atoms with Crippen molar-refractivity contribution in [3.63, 3.8) is 0 Å². The van der Waals surface area contributed by atoms with Crippen LogP contribution in [0, 0.1) is 17.6 Å². The Morgan fingerprint density at radius 2 is 1.65 bits per heavy atom. The van der Waals surface area contributed by atoms with Crippen molar-refractivity contribution in [3.05, 3.63) is 71.3 Å². The monoisotopic (exact) mass is 318 g/mol. The molecule has 2 aromatic carbocycles. The number of ether oxygens (including phenoxy) is 1. The largest absolute Gasteiger partial charge is 0.461 e. The topological polar surface area (TPSA) is 43.4 Å². The predicted octanol–water partition coefficient (Wildman–Crippen LogP) is 3.92. The minimum Gasteiger partial charge on any atom is -0.461 e. The van der Waals surface area contributed by atoms with Gasteiger partial charge in [0.25, 0.3) is 0 Å². The molecular weight excluding hydrogens is 302 g/mol. The molecule has 0 N–H and O–H groups in total. The van der Waals surface area contributed by atoms with Crippen LogP contribution in [0.25, 0.3) is 0 Å². The average molecular weight is 318 g/mol. The van der Waals surface area contributed by atoms with Crippen LogP contribution in [0.1, 0.15) is 29.3 Å². The van der Waals surface area contributed by atoms with Crippen LogP contribution in [0.15, 0.2) is 48.5 Å². The summed E-state index contributed by atoms with van der Waals surface area (Å²) in [5.74, 6) is -3.41. The summed E-state index contributed by atoms with van der Waals surface area (Å²) in [6, 6.07) is 11.7. The van der Waals surface area contributed by atoms with Crippen molar-refractivity contribution in [1.29, 1.82) is 0 Å². The molecule has 0 aliphatic heterocycles. The highest BCUT2D eigenvalue weighted by Crippen LogP contribution is 2.16. The number of Topliss-reactive ketones (excluding diaryl/α,β-unsaturated/α-hetero) is 1. The third-order valence-corrected chi connectivity index (χ3v) is 3.31. The van der Waals surface area contributed by atoms with Gasteiger partial charge in [0.05, 0.1) is 6.42 Å². The molecule has 0 unspecified atom stereocenters. The van der Waals surface area contributed by atoms with Crippen LogP contribution in [0.4, 0.5) is 8.78 Å². The maximum atomic E-state index is 13.1. The highest BCUT2D eigenvalue weighted by atomic mass is 19.1. The first-order valence-corrected chi connectivity index (χ1v) is 7.15. The summed E-state index contributed by atoms with van der Waals surface area (Å²) >= 11 is 0. The van der Waals surface area contributed by atoms with Gasteiger partial charge < -0.3 is 4.74 Å². The lowest BCUT2D eigenvalue weighted by atomic mass is 9.96. The summed E-state index contributed by atoms with van der Waals surface area (Å²) in [5.41, 5.74) is 0.748. The van der Waals surface area contributed by atoms with Crippen LogP contribution in [0.5, 0.6) is 0 Å². The maximum Gasteiger partial charge on any atom is 0.306 e. The van der Waals surface area contributed by atoms with Gasteiger partial charge in [-0.3, -0.25) is 9.59 Å². The first kappa shape index (κ1) is 16.8. The van der Waals surface area contributed by atoms with Gasteiger partial charge in [0.2, 0.25) is 0 Å². The molecule has 2 rings (SSSR count). The van der Waals surface area contributed by atoms with E-state index in [9.17, 15) is 18.4 Å². The Morgan fingerprint density at radius 3 is 2.26 bits per heavy atom. The van der Waals surface area contributed by atoms with Crippen LogP contribution in [0.3, 0.4) is 0 Å². The SMILES string of the molecule is C[C@@H](CC(=O)OCc1ccccc1)C(=O)c1cc(F)cc(F)c1. The summed E-state index contributed by atoms with van der Waals surface area (Å²) in [4.78, 5) is 23.9. The molecule has 120 valence electrons. The van der Waals surface area contributed by atoms with Crippen molar-refractivity contribution >= 4 is 11.8 Å². The predicted molar refractivity (Wildman–Crippen MR) is 80.7 cm³/mol. The minimum absolute atomic E-state index is 0.0918. The van der Waals surface area contributed by atoms with Gasteiger partial charge in [-0.2, -0.15) is 0 Å². The lowest BCUT2D eigenvalue weighted by molar-refractivity contribution is -0.145. The molecule has 0 radical (unpaired) electrons. The van der Waals surface area contributed by atoms with E-state index in [0.29, 0.717) is 6.07 Å². The number of rotatable bonds is 6. The number of esters is 1. The Bertz CT molecular complexity index is 678. The summed E-state index contributed by atoms with van der Waals surface area (Å²) in [6.07, 6.45) is -0.149. The van der Waals surface area contributed by atoms with Crippen molar-refractivity contribution in [2.45, 2.75) is 20.0 Å². The van der Waals surface area contributed by atoms with E-state index in [-0.39, 0.29) is 18.6 Å². The van der Waals surface area contributed by atoms with E-state index in [4.69, 9.17) is 4.74 Å². The second-order valence-electron chi connectivity index (χ2n) is 5.27. The maximum absolute atomic E-state index is 13.1. The fourth-order valence-corrected chi connectivity index (χ4v) is 2.12. The molecule has 0 bridgehead atoms. The molecule has 2 aromatic rings. The van der Waals surface area contributed by atoms with Gasteiger partial charge in [0, 0.05) is 17.5 Å². The Labute approximate surface area is 132 Å². The average Bonchev–Trinajstić information content (AvgIpc) is 2.52. The van der Waals surface area contributed by atoms with Gasteiger partial charge in [-0.15, -0.1) is 0 Å². The molecule has 23 heavy (non-hydrogen) atoms. The second kappa shape index (κ2) is 7.63. The molecule has 1 atom stereocenters. The number of benzene rings is 2. The van der Waals surface area contributed by atoms with Gasteiger partial charge in [-0.25, -0.2) is 8.78 Å². The number of halogens is 2. The zero-order chi connectivity index (χ0) is 16.8. The quantitative estimate of drug-likeness (QED) is 0.599. The molecule has 0 fully saturated rings. The molecule has 3 nitrogen and oxygen atoms in total. The minimum atomic E-state index is -0.827. The molecule has 0 saturated heterocycles. The lowest BCUT2D eigenvalue weighted by Gasteiger charge is -2.11.